The number of piperidine rings is 1. The summed E-state index contributed by atoms with van der Waals surface area (Å²) in [6.45, 7) is 7.90. The van der Waals surface area contributed by atoms with Gasteiger partial charge in [0, 0.05) is 29.2 Å². The molecule has 0 saturated carbocycles. The van der Waals surface area contributed by atoms with Crippen LogP contribution in [0.15, 0.2) is 6.20 Å². The van der Waals surface area contributed by atoms with Crippen LogP contribution in [0, 0.1) is 0 Å². The lowest BCUT2D eigenvalue weighted by atomic mass is 9.95. The molecule has 3 unspecified atom stereocenters. The SMILES string of the molecule is CCNC1CC2CCC(C1)N2C(C)c1ncc(CC)s1. The number of fused-ring (bicyclic) bond motifs is 2. The van der Waals surface area contributed by atoms with Crippen LogP contribution in [0.25, 0.3) is 0 Å². The quantitative estimate of drug-likeness (QED) is 0.902. The molecule has 2 bridgehead atoms. The summed E-state index contributed by atoms with van der Waals surface area (Å²) >= 11 is 1.91. The van der Waals surface area contributed by atoms with Crippen molar-refractivity contribution < 1.29 is 0 Å². The zero-order chi connectivity index (χ0) is 14.1. The number of thiazole rings is 1. The van der Waals surface area contributed by atoms with Crippen molar-refractivity contribution in [2.24, 2.45) is 0 Å². The number of rotatable bonds is 5. The van der Waals surface area contributed by atoms with Crippen LogP contribution in [0.1, 0.15) is 62.4 Å². The van der Waals surface area contributed by atoms with E-state index < -0.39 is 0 Å². The van der Waals surface area contributed by atoms with Crippen LogP contribution in [0.4, 0.5) is 0 Å². The molecule has 1 N–H and O–H groups in total. The molecule has 112 valence electrons. The maximum atomic E-state index is 4.68. The highest BCUT2D eigenvalue weighted by Gasteiger charge is 2.43. The fourth-order valence-electron chi connectivity index (χ4n) is 4.11. The topological polar surface area (TPSA) is 28.2 Å². The number of aromatic nitrogens is 1. The molecule has 0 aliphatic carbocycles. The van der Waals surface area contributed by atoms with Crippen molar-refractivity contribution >= 4 is 11.3 Å². The second-order valence-corrected chi connectivity index (χ2v) is 7.40. The van der Waals surface area contributed by atoms with E-state index in [1.807, 2.05) is 11.3 Å². The average Bonchev–Trinajstić information content (AvgIpc) is 3.02. The summed E-state index contributed by atoms with van der Waals surface area (Å²) in [6.07, 6.45) is 8.58. The molecule has 3 nitrogen and oxygen atoms in total. The Morgan fingerprint density at radius 1 is 1.35 bits per heavy atom. The summed E-state index contributed by atoms with van der Waals surface area (Å²) in [4.78, 5) is 8.86. The van der Waals surface area contributed by atoms with Gasteiger partial charge in [-0.2, -0.15) is 0 Å². The first-order chi connectivity index (χ1) is 9.72. The van der Waals surface area contributed by atoms with Gasteiger partial charge >= 0.3 is 0 Å². The standard InChI is InChI=1S/C16H27N3S/c1-4-15-10-18-16(20-15)11(3)19-13-6-7-14(19)9-12(8-13)17-5-2/h10-14,17H,4-9H2,1-3H3. The van der Waals surface area contributed by atoms with Crippen molar-refractivity contribution in [3.05, 3.63) is 16.1 Å². The third-order valence-corrected chi connectivity index (χ3v) is 6.32. The summed E-state index contributed by atoms with van der Waals surface area (Å²) < 4.78 is 0. The second-order valence-electron chi connectivity index (χ2n) is 6.25. The molecule has 3 heterocycles. The van der Waals surface area contributed by atoms with E-state index in [2.05, 4.69) is 42.2 Å². The van der Waals surface area contributed by atoms with Gasteiger partial charge in [0.05, 0.1) is 6.04 Å². The predicted molar refractivity (Wildman–Crippen MR) is 85.3 cm³/mol. The van der Waals surface area contributed by atoms with Crippen molar-refractivity contribution in [2.45, 2.75) is 77.0 Å². The van der Waals surface area contributed by atoms with Gasteiger partial charge < -0.3 is 5.32 Å². The Labute approximate surface area is 126 Å². The zero-order valence-electron chi connectivity index (χ0n) is 12.9. The number of nitrogens with zero attached hydrogens (tertiary/aromatic N) is 2. The fraction of sp³-hybridized carbons (Fsp3) is 0.812. The second kappa shape index (κ2) is 6.12. The molecule has 2 fully saturated rings. The van der Waals surface area contributed by atoms with Crippen LogP contribution in [0.5, 0.6) is 0 Å². The number of aryl methyl sites for hydroxylation is 1. The Morgan fingerprint density at radius 2 is 2.05 bits per heavy atom. The molecule has 2 aliphatic heterocycles. The molecule has 20 heavy (non-hydrogen) atoms. The van der Waals surface area contributed by atoms with Crippen LogP contribution >= 0.6 is 11.3 Å². The molecule has 2 saturated heterocycles. The third kappa shape index (κ3) is 2.66. The maximum absolute atomic E-state index is 4.68. The van der Waals surface area contributed by atoms with Crippen LogP contribution in [-0.2, 0) is 6.42 Å². The van der Waals surface area contributed by atoms with Crippen LogP contribution < -0.4 is 5.32 Å². The van der Waals surface area contributed by atoms with E-state index in [-0.39, 0.29) is 0 Å². The third-order valence-electron chi connectivity index (χ3n) is 5.01. The number of hydrogen-bond donors (Lipinski definition) is 1. The van der Waals surface area contributed by atoms with Gasteiger partial charge in [-0.15, -0.1) is 11.3 Å². The summed E-state index contributed by atoms with van der Waals surface area (Å²) in [5, 5.41) is 4.98. The molecule has 0 radical (unpaired) electrons. The molecular weight excluding hydrogens is 266 g/mol. The first-order valence-electron chi connectivity index (χ1n) is 8.18. The van der Waals surface area contributed by atoms with E-state index >= 15 is 0 Å². The average molecular weight is 293 g/mol. The first-order valence-corrected chi connectivity index (χ1v) is 9.00. The smallest absolute Gasteiger partial charge is 0.110 e. The van der Waals surface area contributed by atoms with Crippen LogP contribution in [-0.4, -0.2) is 34.6 Å². The maximum Gasteiger partial charge on any atom is 0.110 e. The molecule has 1 aromatic rings. The summed E-state index contributed by atoms with van der Waals surface area (Å²) in [6, 6.07) is 2.77. The molecule has 0 aromatic carbocycles. The molecule has 4 heteroatoms. The molecule has 3 rings (SSSR count). The molecule has 0 amide bonds. The molecule has 0 spiro atoms. The summed E-state index contributed by atoms with van der Waals surface area (Å²) in [5.41, 5.74) is 0. The lowest BCUT2D eigenvalue weighted by molar-refractivity contribution is 0.0774. The van der Waals surface area contributed by atoms with E-state index in [0.717, 1.165) is 31.1 Å². The fourth-order valence-corrected chi connectivity index (χ4v) is 5.02. The molecule has 3 atom stereocenters. The number of nitrogens with one attached hydrogen (secondary N) is 1. The summed E-state index contributed by atoms with van der Waals surface area (Å²) in [7, 11) is 0. The Balaban J connectivity index is 1.71. The van der Waals surface area contributed by atoms with Crippen molar-refractivity contribution in [2.75, 3.05) is 6.54 Å². The van der Waals surface area contributed by atoms with E-state index in [1.54, 1.807) is 0 Å². The van der Waals surface area contributed by atoms with Crippen LogP contribution in [0.3, 0.4) is 0 Å². The highest BCUT2D eigenvalue weighted by atomic mass is 32.1. The first kappa shape index (κ1) is 14.5. The lowest BCUT2D eigenvalue weighted by Crippen LogP contribution is -2.49. The molecule has 2 aliphatic rings. The predicted octanol–water partition coefficient (Wildman–Crippen LogP) is 3.37. The minimum absolute atomic E-state index is 0.500. The highest BCUT2D eigenvalue weighted by molar-refractivity contribution is 7.11. The Hall–Kier alpha value is -0.450. The van der Waals surface area contributed by atoms with Crippen molar-refractivity contribution in [3.63, 3.8) is 0 Å². The van der Waals surface area contributed by atoms with Crippen molar-refractivity contribution in [3.8, 4) is 0 Å². The van der Waals surface area contributed by atoms with Gasteiger partial charge in [0.2, 0.25) is 0 Å². The van der Waals surface area contributed by atoms with E-state index in [0.29, 0.717) is 6.04 Å². The zero-order valence-corrected chi connectivity index (χ0v) is 13.7. The van der Waals surface area contributed by atoms with E-state index in [9.17, 15) is 0 Å². The van der Waals surface area contributed by atoms with E-state index in [1.165, 1.54) is 35.6 Å². The Morgan fingerprint density at radius 3 is 2.60 bits per heavy atom. The van der Waals surface area contributed by atoms with Gasteiger partial charge in [-0.05, 0) is 45.6 Å². The normalized spacial score (nSPS) is 31.6. The largest absolute Gasteiger partial charge is 0.314 e. The highest BCUT2D eigenvalue weighted by Crippen LogP contribution is 2.42. The Bertz CT molecular complexity index is 431. The van der Waals surface area contributed by atoms with Gasteiger partial charge in [-0.1, -0.05) is 13.8 Å². The molecular formula is C16H27N3S. The minimum atomic E-state index is 0.500. The van der Waals surface area contributed by atoms with E-state index in [4.69, 9.17) is 0 Å². The van der Waals surface area contributed by atoms with Crippen LogP contribution in [0.2, 0.25) is 0 Å². The van der Waals surface area contributed by atoms with Gasteiger partial charge in [0.1, 0.15) is 5.01 Å². The minimum Gasteiger partial charge on any atom is -0.314 e. The van der Waals surface area contributed by atoms with Gasteiger partial charge in [-0.3, -0.25) is 4.90 Å². The van der Waals surface area contributed by atoms with Gasteiger partial charge in [0.15, 0.2) is 0 Å². The van der Waals surface area contributed by atoms with Crippen molar-refractivity contribution in [1.82, 2.24) is 15.2 Å². The monoisotopic (exact) mass is 293 g/mol. The lowest BCUT2D eigenvalue weighted by Gasteiger charge is -2.42. The van der Waals surface area contributed by atoms with Gasteiger partial charge in [0.25, 0.3) is 0 Å². The van der Waals surface area contributed by atoms with Gasteiger partial charge in [-0.25, -0.2) is 4.98 Å². The Kier molecular flexibility index (Phi) is 4.43. The van der Waals surface area contributed by atoms with Crippen molar-refractivity contribution in [1.29, 1.82) is 0 Å². The number of hydrogen-bond acceptors (Lipinski definition) is 4. The molecule has 1 aromatic heterocycles. The summed E-state index contributed by atoms with van der Waals surface area (Å²) in [5.74, 6) is 0.